The number of thiophene rings is 1. The fraction of sp³-hybridized carbons (Fsp3) is 0.375. The van der Waals surface area contributed by atoms with Gasteiger partial charge in [0.25, 0.3) is 0 Å². The van der Waals surface area contributed by atoms with Crippen molar-refractivity contribution in [3.05, 3.63) is 66.2 Å². The molecule has 45 heavy (non-hydrogen) atoms. The Morgan fingerprint density at radius 2 is 1.78 bits per heavy atom. The third-order valence-corrected chi connectivity index (χ3v) is 7.75. The number of nitrogens with zero attached hydrogens (tertiary/aromatic N) is 3. The van der Waals surface area contributed by atoms with Crippen molar-refractivity contribution in [2.75, 3.05) is 31.6 Å². The Balaban J connectivity index is 0.00000196. The van der Waals surface area contributed by atoms with Crippen LogP contribution in [0.25, 0.3) is 20.8 Å². The number of benzene rings is 1. The molecule has 0 bridgehead atoms. The molecule has 13 heteroatoms. The zero-order valence-corrected chi connectivity index (χ0v) is 26.6. The van der Waals surface area contributed by atoms with Gasteiger partial charge in [0.15, 0.2) is 17.9 Å². The lowest BCUT2D eigenvalue weighted by Gasteiger charge is -2.39. The summed E-state index contributed by atoms with van der Waals surface area (Å²) in [5.41, 5.74) is 1.97. The van der Waals surface area contributed by atoms with E-state index in [9.17, 15) is 9.59 Å². The molecule has 2 saturated heterocycles. The number of urea groups is 1. The molecule has 0 radical (unpaired) electrons. The first-order chi connectivity index (χ1) is 21.6. The lowest BCUT2D eigenvalue weighted by Crippen LogP contribution is -2.62. The normalized spacial score (nSPS) is 15.2. The Morgan fingerprint density at radius 3 is 2.44 bits per heavy atom. The molecular weight excluding hydrogens is 601 g/mol. The molecule has 3 amide bonds. The fourth-order valence-corrected chi connectivity index (χ4v) is 5.58. The second kappa shape index (κ2) is 13.8. The number of aromatic nitrogens is 2. The van der Waals surface area contributed by atoms with Crippen LogP contribution in [0.3, 0.4) is 0 Å². The number of hydrogen-bond acceptors (Lipinski definition) is 9. The molecule has 2 fully saturated rings. The van der Waals surface area contributed by atoms with Crippen LogP contribution in [-0.4, -0.2) is 64.9 Å². The monoisotopic (exact) mass is 637 g/mol. The van der Waals surface area contributed by atoms with Crippen molar-refractivity contribution >= 4 is 39.4 Å². The first-order valence-corrected chi connectivity index (χ1v) is 15.5. The van der Waals surface area contributed by atoms with E-state index in [4.69, 9.17) is 18.9 Å². The Kier molecular flexibility index (Phi) is 9.80. The molecule has 1 aromatic carbocycles. The van der Waals surface area contributed by atoms with Gasteiger partial charge in [0.1, 0.15) is 11.4 Å². The van der Waals surface area contributed by atoms with Crippen LogP contribution in [0.1, 0.15) is 46.5 Å². The van der Waals surface area contributed by atoms with Gasteiger partial charge in [0.05, 0.1) is 40.0 Å². The lowest BCUT2D eigenvalue weighted by molar-refractivity contribution is -0.0443. The number of amides is 3. The number of halogens is 1. The van der Waals surface area contributed by atoms with Crippen LogP contribution in [0, 0.1) is 5.82 Å². The number of pyridine rings is 2. The number of ether oxygens (including phenoxy) is 4. The standard InChI is InChI=1S/C30H30FN5O6S.C2H6/c1-30(2,3)42-29(38)36-15-19(16-36)35-28(37)34-18-5-7-23(20(31)12-18)41-24-8-9-32-22-13-25(43-26(22)24)21-6-4-17(14-33-21)27-39-10-11-40-27;1-2/h4-9,12-14,19,27H,10-11,15-16H2,1-3H3,(H2,34,35,37);1-2H3. The minimum atomic E-state index is -0.645. The van der Waals surface area contributed by atoms with Gasteiger partial charge in [0.2, 0.25) is 0 Å². The maximum atomic E-state index is 15.0. The van der Waals surface area contributed by atoms with E-state index in [1.165, 1.54) is 28.4 Å². The number of hydrogen-bond donors (Lipinski definition) is 2. The molecule has 0 aliphatic carbocycles. The number of carbonyl (C=O) groups is 2. The van der Waals surface area contributed by atoms with Gasteiger partial charge in [-0.1, -0.05) is 19.9 Å². The molecule has 0 saturated carbocycles. The predicted molar refractivity (Wildman–Crippen MR) is 169 cm³/mol. The average Bonchev–Trinajstić information content (AvgIpc) is 3.68. The largest absolute Gasteiger partial charge is 0.453 e. The van der Waals surface area contributed by atoms with E-state index in [2.05, 4.69) is 20.6 Å². The van der Waals surface area contributed by atoms with E-state index in [-0.39, 0.29) is 17.5 Å². The van der Waals surface area contributed by atoms with E-state index < -0.39 is 29.8 Å². The quantitative estimate of drug-likeness (QED) is 0.229. The highest BCUT2D eigenvalue weighted by molar-refractivity contribution is 7.22. The van der Waals surface area contributed by atoms with Gasteiger partial charge in [-0.2, -0.15) is 0 Å². The van der Waals surface area contributed by atoms with Gasteiger partial charge >= 0.3 is 12.1 Å². The topological polar surface area (TPSA) is 124 Å². The van der Waals surface area contributed by atoms with Crippen LogP contribution >= 0.6 is 11.3 Å². The zero-order chi connectivity index (χ0) is 32.1. The van der Waals surface area contributed by atoms with Crippen molar-refractivity contribution < 1.29 is 32.9 Å². The summed E-state index contributed by atoms with van der Waals surface area (Å²) in [6.07, 6.45) is 2.51. The molecule has 3 aromatic heterocycles. The molecular formula is C32H36FN5O6S. The summed E-state index contributed by atoms with van der Waals surface area (Å²) >= 11 is 1.44. The summed E-state index contributed by atoms with van der Waals surface area (Å²) in [6, 6.07) is 10.9. The highest BCUT2D eigenvalue weighted by Crippen LogP contribution is 2.39. The van der Waals surface area contributed by atoms with Crippen molar-refractivity contribution in [1.29, 1.82) is 0 Å². The number of rotatable bonds is 6. The molecule has 0 atom stereocenters. The third kappa shape index (κ3) is 7.85. The van der Waals surface area contributed by atoms with Crippen LogP contribution in [0.2, 0.25) is 0 Å². The molecule has 2 aliphatic rings. The predicted octanol–water partition coefficient (Wildman–Crippen LogP) is 7.10. The first kappa shape index (κ1) is 32.1. The molecule has 2 aliphatic heterocycles. The minimum absolute atomic E-state index is 0.000514. The zero-order valence-electron chi connectivity index (χ0n) is 25.8. The number of anilines is 1. The molecule has 0 spiro atoms. The summed E-state index contributed by atoms with van der Waals surface area (Å²) < 4.78 is 38.1. The van der Waals surface area contributed by atoms with Crippen molar-refractivity contribution in [3.63, 3.8) is 0 Å². The second-order valence-corrected chi connectivity index (χ2v) is 12.2. The molecule has 2 N–H and O–H groups in total. The van der Waals surface area contributed by atoms with Crippen molar-refractivity contribution in [2.45, 2.75) is 52.6 Å². The van der Waals surface area contributed by atoms with E-state index in [1.54, 1.807) is 45.3 Å². The Labute approximate surface area is 264 Å². The molecule has 238 valence electrons. The summed E-state index contributed by atoms with van der Waals surface area (Å²) in [4.78, 5) is 35.9. The van der Waals surface area contributed by atoms with Gasteiger partial charge in [0, 0.05) is 48.9 Å². The number of likely N-dealkylation sites (tertiary alicyclic amines) is 1. The SMILES string of the molecule is CC.CC(C)(C)OC(=O)N1CC(NC(=O)Nc2ccc(Oc3ccnc4cc(-c5ccc(C6OCCO6)cn5)sc34)c(F)c2)C1. The molecule has 0 unspecified atom stereocenters. The van der Waals surface area contributed by atoms with E-state index in [1.807, 2.05) is 32.0 Å². The fourth-order valence-electron chi connectivity index (χ4n) is 4.54. The number of fused-ring (bicyclic) bond motifs is 1. The van der Waals surface area contributed by atoms with Gasteiger partial charge in [-0.25, -0.2) is 14.0 Å². The first-order valence-electron chi connectivity index (χ1n) is 14.7. The Bertz CT molecular complexity index is 1650. The Hall–Kier alpha value is -4.33. The van der Waals surface area contributed by atoms with Crippen LogP contribution in [-0.2, 0) is 14.2 Å². The van der Waals surface area contributed by atoms with Gasteiger partial charge in [-0.05, 0) is 45.0 Å². The van der Waals surface area contributed by atoms with Crippen molar-refractivity contribution in [2.24, 2.45) is 0 Å². The molecule has 6 rings (SSSR count). The maximum absolute atomic E-state index is 15.0. The summed E-state index contributed by atoms with van der Waals surface area (Å²) in [5.74, 6) is -0.199. The Morgan fingerprint density at radius 1 is 1.02 bits per heavy atom. The van der Waals surface area contributed by atoms with Crippen LogP contribution in [0.5, 0.6) is 11.5 Å². The third-order valence-electron chi connectivity index (χ3n) is 6.59. The van der Waals surface area contributed by atoms with Gasteiger partial charge in [-0.15, -0.1) is 11.3 Å². The van der Waals surface area contributed by atoms with Crippen LogP contribution < -0.4 is 15.4 Å². The lowest BCUT2D eigenvalue weighted by atomic mass is 10.1. The molecule has 4 aromatic rings. The molecule has 5 heterocycles. The summed E-state index contributed by atoms with van der Waals surface area (Å²) in [5, 5.41) is 5.38. The maximum Gasteiger partial charge on any atom is 0.410 e. The summed E-state index contributed by atoms with van der Waals surface area (Å²) in [6.45, 7) is 11.2. The highest BCUT2D eigenvalue weighted by Gasteiger charge is 2.34. The van der Waals surface area contributed by atoms with Crippen molar-refractivity contribution in [3.8, 4) is 22.1 Å². The smallest absolute Gasteiger partial charge is 0.410 e. The summed E-state index contributed by atoms with van der Waals surface area (Å²) in [7, 11) is 0. The number of carbonyl (C=O) groups excluding carboxylic acids is 2. The number of nitrogens with one attached hydrogen (secondary N) is 2. The van der Waals surface area contributed by atoms with Crippen molar-refractivity contribution in [1.82, 2.24) is 20.2 Å². The van der Waals surface area contributed by atoms with E-state index in [0.717, 1.165) is 20.8 Å². The molecule has 11 nitrogen and oxygen atoms in total. The highest BCUT2D eigenvalue weighted by atomic mass is 32.1. The van der Waals surface area contributed by atoms with E-state index in [0.29, 0.717) is 37.6 Å². The minimum Gasteiger partial charge on any atom is -0.453 e. The van der Waals surface area contributed by atoms with Crippen LogP contribution in [0.4, 0.5) is 19.7 Å². The average molecular weight is 638 g/mol. The van der Waals surface area contributed by atoms with Crippen LogP contribution in [0.15, 0.2) is 54.9 Å². The van der Waals surface area contributed by atoms with Gasteiger partial charge in [-0.3, -0.25) is 9.97 Å². The second-order valence-electron chi connectivity index (χ2n) is 11.1. The van der Waals surface area contributed by atoms with E-state index >= 15 is 4.39 Å². The van der Waals surface area contributed by atoms with Gasteiger partial charge < -0.3 is 34.5 Å².